The number of hydrogen-bond acceptors (Lipinski definition) is 1. The van der Waals surface area contributed by atoms with Crippen LogP contribution in [0.4, 0.5) is 10.1 Å². The molecule has 2 nitrogen and oxygen atoms in total. The summed E-state index contributed by atoms with van der Waals surface area (Å²) in [4.78, 5) is 3.90. The molecule has 0 aliphatic rings. The number of nitrogens with zero attached hydrogens (tertiary/aromatic N) is 1. The largest absolute Gasteiger partial charge is 0.386 e. The molecule has 0 aromatic heterocycles. The lowest BCUT2D eigenvalue weighted by Crippen LogP contribution is -2.12. The lowest BCUT2D eigenvalue weighted by Gasteiger charge is -1.98. The van der Waals surface area contributed by atoms with Gasteiger partial charge in [-0.15, -0.1) is 11.6 Å². The monoisotopic (exact) mass is 200 g/mol. The highest BCUT2D eigenvalue weighted by Crippen LogP contribution is 2.16. The van der Waals surface area contributed by atoms with Crippen LogP contribution in [0.15, 0.2) is 23.2 Å². The molecule has 0 fully saturated rings. The Hall–Kier alpha value is -1.09. The van der Waals surface area contributed by atoms with E-state index in [1.165, 1.54) is 6.07 Å². The van der Waals surface area contributed by atoms with Gasteiger partial charge in [-0.2, -0.15) is 0 Å². The molecular formula is C9H10ClFN2. The second-order valence-corrected chi connectivity index (χ2v) is 2.94. The molecule has 0 spiro atoms. The van der Waals surface area contributed by atoms with Crippen molar-refractivity contribution < 1.29 is 4.39 Å². The van der Waals surface area contributed by atoms with Gasteiger partial charge in [0.1, 0.15) is 11.7 Å². The summed E-state index contributed by atoms with van der Waals surface area (Å²) >= 11 is 5.42. The Morgan fingerprint density at radius 1 is 1.62 bits per heavy atom. The molecule has 13 heavy (non-hydrogen) atoms. The van der Waals surface area contributed by atoms with Crippen LogP contribution in [0, 0.1) is 12.7 Å². The van der Waals surface area contributed by atoms with Gasteiger partial charge in [-0.05, 0) is 24.6 Å². The van der Waals surface area contributed by atoms with Gasteiger partial charge in [0.25, 0.3) is 0 Å². The van der Waals surface area contributed by atoms with Crippen LogP contribution in [0.25, 0.3) is 0 Å². The number of aryl methyl sites for hydroxylation is 1. The molecule has 0 heterocycles. The Morgan fingerprint density at radius 2 is 2.31 bits per heavy atom. The van der Waals surface area contributed by atoms with E-state index >= 15 is 0 Å². The molecule has 0 aliphatic heterocycles. The van der Waals surface area contributed by atoms with Crippen LogP contribution in [-0.4, -0.2) is 11.7 Å². The van der Waals surface area contributed by atoms with E-state index in [2.05, 4.69) is 4.99 Å². The van der Waals surface area contributed by atoms with Gasteiger partial charge < -0.3 is 5.73 Å². The van der Waals surface area contributed by atoms with Gasteiger partial charge >= 0.3 is 0 Å². The van der Waals surface area contributed by atoms with Gasteiger partial charge in [-0.1, -0.05) is 6.07 Å². The Bertz CT molecular complexity index is 336. The van der Waals surface area contributed by atoms with Gasteiger partial charge in [0, 0.05) is 0 Å². The molecule has 0 atom stereocenters. The third kappa shape index (κ3) is 2.70. The molecule has 1 rings (SSSR count). The fourth-order valence-corrected chi connectivity index (χ4v) is 0.907. The van der Waals surface area contributed by atoms with E-state index in [1.54, 1.807) is 19.1 Å². The number of hydrogen-bond donors (Lipinski definition) is 1. The number of rotatable bonds is 2. The van der Waals surface area contributed by atoms with Crippen LogP contribution >= 0.6 is 11.6 Å². The van der Waals surface area contributed by atoms with E-state index in [1.807, 2.05) is 0 Å². The van der Waals surface area contributed by atoms with Crippen molar-refractivity contribution in [2.24, 2.45) is 10.7 Å². The Morgan fingerprint density at radius 3 is 2.85 bits per heavy atom. The molecule has 0 amide bonds. The fraction of sp³-hybridized carbons (Fsp3) is 0.222. The summed E-state index contributed by atoms with van der Waals surface area (Å²) < 4.78 is 13.0. The van der Waals surface area contributed by atoms with Crippen LogP contribution in [0.3, 0.4) is 0 Å². The molecule has 0 aliphatic carbocycles. The molecule has 0 saturated carbocycles. The first-order chi connectivity index (χ1) is 6.13. The number of halogens is 2. The third-order valence-corrected chi connectivity index (χ3v) is 1.84. The second-order valence-electron chi connectivity index (χ2n) is 2.67. The van der Waals surface area contributed by atoms with Gasteiger partial charge in [0.15, 0.2) is 0 Å². The van der Waals surface area contributed by atoms with Crippen LogP contribution in [0.5, 0.6) is 0 Å². The number of amidine groups is 1. The van der Waals surface area contributed by atoms with Crippen LogP contribution < -0.4 is 5.73 Å². The summed E-state index contributed by atoms with van der Waals surface area (Å²) in [6.45, 7) is 1.69. The zero-order valence-corrected chi connectivity index (χ0v) is 7.98. The quantitative estimate of drug-likeness (QED) is 0.444. The predicted octanol–water partition coefficient (Wildman–Crippen LogP) is 2.36. The van der Waals surface area contributed by atoms with Gasteiger partial charge in [0.05, 0.1) is 11.6 Å². The highest BCUT2D eigenvalue weighted by atomic mass is 35.5. The molecule has 70 valence electrons. The van der Waals surface area contributed by atoms with Crippen molar-refractivity contribution in [2.75, 3.05) is 5.88 Å². The second kappa shape index (κ2) is 4.23. The van der Waals surface area contributed by atoms with E-state index in [0.29, 0.717) is 11.3 Å². The maximum atomic E-state index is 13.0. The molecule has 1 aromatic carbocycles. The minimum absolute atomic E-state index is 0.148. The molecule has 1 aromatic rings. The van der Waals surface area contributed by atoms with Crippen molar-refractivity contribution in [1.29, 1.82) is 0 Å². The third-order valence-electron chi connectivity index (χ3n) is 1.57. The molecule has 0 unspecified atom stereocenters. The topological polar surface area (TPSA) is 38.4 Å². The normalized spacial score (nSPS) is 11.8. The first-order valence-electron chi connectivity index (χ1n) is 3.78. The number of aliphatic imine (C=N–C) groups is 1. The molecule has 0 radical (unpaired) electrons. The van der Waals surface area contributed by atoms with Crippen LogP contribution in [-0.2, 0) is 0 Å². The van der Waals surface area contributed by atoms with Crippen LogP contribution in [0.2, 0.25) is 0 Å². The minimum atomic E-state index is -0.288. The maximum absolute atomic E-state index is 13.0. The summed E-state index contributed by atoms with van der Waals surface area (Å²) in [5, 5.41) is 0. The van der Waals surface area contributed by atoms with E-state index in [9.17, 15) is 4.39 Å². The standard InChI is InChI=1S/C9H10ClFN2/c1-6-2-3-7(4-8(6)11)13-9(12)5-10/h2-4H,5H2,1H3,(H2,12,13). The summed E-state index contributed by atoms with van der Waals surface area (Å²) in [5.74, 6) is 0.142. The van der Waals surface area contributed by atoms with Crippen molar-refractivity contribution in [3.63, 3.8) is 0 Å². The summed E-state index contributed by atoms with van der Waals surface area (Å²) in [7, 11) is 0. The maximum Gasteiger partial charge on any atom is 0.128 e. The average Bonchev–Trinajstić information content (AvgIpc) is 2.11. The number of alkyl halides is 1. The van der Waals surface area contributed by atoms with Gasteiger partial charge in [-0.3, -0.25) is 0 Å². The van der Waals surface area contributed by atoms with E-state index < -0.39 is 0 Å². The van der Waals surface area contributed by atoms with E-state index in [0.717, 1.165) is 0 Å². The lowest BCUT2D eigenvalue weighted by atomic mass is 10.2. The molecule has 4 heteroatoms. The minimum Gasteiger partial charge on any atom is -0.386 e. The highest BCUT2D eigenvalue weighted by Gasteiger charge is 1.98. The Kier molecular flexibility index (Phi) is 3.25. The summed E-state index contributed by atoms with van der Waals surface area (Å²) in [5.41, 5.74) is 6.46. The molecule has 2 N–H and O–H groups in total. The summed E-state index contributed by atoms with van der Waals surface area (Å²) in [6, 6.07) is 4.67. The Labute approximate surface area is 81.2 Å². The van der Waals surface area contributed by atoms with Crippen molar-refractivity contribution >= 4 is 23.1 Å². The van der Waals surface area contributed by atoms with Gasteiger partial charge in [-0.25, -0.2) is 9.38 Å². The van der Waals surface area contributed by atoms with E-state index in [4.69, 9.17) is 17.3 Å². The first kappa shape index (κ1) is 9.99. The van der Waals surface area contributed by atoms with Crippen LogP contribution in [0.1, 0.15) is 5.56 Å². The Balaban J connectivity index is 2.98. The van der Waals surface area contributed by atoms with Crippen molar-refractivity contribution in [2.45, 2.75) is 6.92 Å². The van der Waals surface area contributed by atoms with Gasteiger partial charge in [0.2, 0.25) is 0 Å². The molecular weight excluding hydrogens is 191 g/mol. The highest BCUT2D eigenvalue weighted by molar-refractivity contribution is 6.28. The zero-order chi connectivity index (χ0) is 9.84. The zero-order valence-electron chi connectivity index (χ0n) is 7.22. The predicted molar refractivity (Wildman–Crippen MR) is 53.1 cm³/mol. The first-order valence-corrected chi connectivity index (χ1v) is 4.32. The average molecular weight is 201 g/mol. The van der Waals surface area contributed by atoms with Crippen molar-refractivity contribution in [3.05, 3.63) is 29.6 Å². The fourth-order valence-electron chi connectivity index (χ4n) is 0.847. The summed E-state index contributed by atoms with van der Waals surface area (Å²) in [6.07, 6.45) is 0. The SMILES string of the molecule is Cc1ccc(N=C(N)CCl)cc1F. The van der Waals surface area contributed by atoms with Crippen molar-refractivity contribution in [3.8, 4) is 0 Å². The smallest absolute Gasteiger partial charge is 0.128 e. The van der Waals surface area contributed by atoms with E-state index in [-0.39, 0.29) is 17.5 Å². The lowest BCUT2D eigenvalue weighted by molar-refractivity contribution is 0.619. The number of benzene rings is 1. The molecule has 0 saturated heterocycles. The number of nitrogens with two attached hydrogens (primary N) is 1. The molecule has 0 bridgehead atoms. The van der Waals surface area contributed by atoms with Crippen molar-refractivity contribution in [1.82, 2.24) is 0 Å².